The van der Waals surface area contributed by atoms with Crippen molar-refractivity contribution in [1.29, 1.82) is 0 Å². The first-order chi connectivity index (χ1) is 11.4. The van der Waals surface area contributed by atoms with E-state index in [2.05, 4.69) is 20.3 Å². The van der Waals surface area contributed by atoms with Crippen LogP contribution in [-0.4, -0.2) is 53.9 Å². The van der Waals surface area contributed by atoms with Gasteiger partial charge in [-0.2, -0.15) is 0 Å². The Morgan fingerprint density at radius 2 is 1.84 bits per heavy atom. The quantitative estimate of drug-likeness (QED) is 0.202. The van der Waals surface area contributed by atoms with Gasteiger partial charge in [-0.05, 0) is 37.5 Å². The lowest BCUT2D eigenvalue weighted by Gasteiger charge is -2.11. The second-order valence-corrected chi connectivity index (χ2v) is 7.14. The fourth-order valence-electron chi connectivity index (χ4n) is 1.99. The monoisotopic (exact) mass is 484 g/mol. The second-order valence-electron chi connectivity index (χ2n) is 5.31. The molecule has 0 fully saturated rings. The Kier molecular flexibility index (Phi) is 12.6. The molecule has 0 saturated heterocycles. The van der Waals surface area contributed by atoms with Crippen LogP contribution in [0.1, 0.15) is 18.9 Å². The maximum absolute atomic E-state index is 11.0. The first-order valence-electron chi connectivity index (χ1n) is 8.04. The molecule has 25 heavy (non-hydrogen) atoms. The van der Waals surface area contributed by atoms with E-state index in [9.17, 15) is 8.42 Å². The summed E-state index contributed by atoms with van der Waals surface area (Å²) in [5, 5.41) is 6.45. The summed E-state index contributed by atoms with van der Waals surface area (Å²) in [6.07, 6.45) is 2.69. The summed E-state index contributed by atoms with van der Waals surface area (Å²) < 4.78 is 29.5. The predicted octanol–water partition coefficient (Wildman–Crippen LogP) is 1.35. The third-order valence-electron chi connectivity index (χ3n) is 3.18. The molecule has 144 valence electrons. The number of aliphatic imine (C=N–C) groups is 1. The Morgan fingerprint density at radius 1 is 1.16 bits per heavy atom. The van der Waals surface area contributed by atoms with Crippen LogP contribution in [0.4, 0.5) is 0 Å². The Morgan fingerprint density at radius 3 is 2.40 bits per heavy atom. The number of halogens is 1. The third kappa shape index (κ3) is 12.0. The molecule has 0 aliphatic carbocycles. The summed E-state index contributed by atoms with van der Waals surface area (Å²) in [6.45, 7) is 4.50. The Bertz CT molecular complexity index is 606. The number of hydrogen-bond acceptors (Lipinski definition) is 4. The van der Waals surface area contributed by atoms with Gasteiger partial charge in [0.05, 0.1) is 13.4 Å². The van der Waals surface area contributed by atoms with E-state index in [1.165, 1.54) is 5.56 Å². The summed E-state index contributed by atoms with van der Waals surface area (Å²) in [6, 6.07) is 7.98. The van der Waals surface area contributed by atoms with Gasteiger partial charge in [-0.25, -0.2) is 13.1 Å². The van der Waals surface area contributed by atoms with E-state index in [0.717, 1.165) is 37.5 Å². The van der Waals surface area contributed by atoms with Crippen LogP contribution in [-0.2, 0) is 16.4 Å². The molecule has 0 radical (unpaired) electrons. The molecule has 0 bridgehead atoms. The van der Waals surface area contributed by atoms with Crippen LogP contribution in [0.5, 0.6) is 5.75 Å². The lowest BCUT2D eigenvalue weighted by molar-refractivity contribution is 0.414. The highest BCUT2D eigenvalue weighted by Gasteiger charge is 2.00. The fraction of sp³-hybridized carbons (Fsp3) is 0.562. The maximum atomic E-state index is 11.0. The van der Waals surface area contributed by atoms with Gasteiger partial charge in [0.2, 0.25) is 10.0 Å². The minimum absolute atomic E-state index is 0. The van der Waals surface area contributed by atoms with Gasteiger partial charge in [0.15, 0.2) is 5.96 Å². The van der Waals surface area contributed by atoms with Gasteiger partial charge in [-0.15, -0.1) is 24.0 Å². The van der Waals surface area contributed by atoms with Crippen LogP contribution in [0, 0.1) is 0 Å². The van der Waals surface area contributed by atoms with Crippen LogP contribution in [0.15, 0.2) is 29.3 Å². The zero-order valence-electron chi connectivity index (χ0n) is 15.0. The molecule has 3 N–H and O–H groups in total. The van der Waals surface area contributed by atoms with Crippen molar-refractivity contribution < 1.29 is 13.2 Å². The minimum Gasteiger partial charge on any atom is -0.497 e. The topological polar surface area (TPSA) is 91.8 Å². The number of methoxy groups -OCH3 is 1. The highest BCUT2D eigenvalue weighted by molar-refractivity contribution is 14.0. The van der Waals surface area contributed by atoms with Gasteiger partial charge in [0, 0.05) is 26.2 Å². The fourth-order valence-corrected chi connectivity index (χ4v) is 2.50. The molecule has 9 heteroatoms. The number of nitrogens with one attached hydrogen (secondary N) is 3. The molecule has 7 nitrogen and oxygen atoms in total. The SMILES string of the molecule is CCNC(=NCCCNS(C)(=O)=O)NCCc1ccc(OC)cc1.I. The van der Waals surface area contributed by atoms with Crippen molar-refractivity contribution in [2.24, 2.45) is 4.99 Å². The molecule has 0 amide bonds. The van der Waals surface area contributed by atoms with Gasteiger partial charge in [-0.3, -0.25) is 4.99 Å². The van der Waals surface area contributed by atoms with Crippen molar-refractivity contribution in [3.05, 3.63) is 29.8 Å². The number of sulfonamides is 1. The average Bonchev–Trinajstić information content (AvgIpc) is 2.54. The van der Waals surface area contributed by atoms with Gasteiger partial charge in [0.1, 0.15) is 5.75 Å². The van der Waals surface area contributed by atoms with Crippen molar-refractivity contribution in [2.75, 3.05) is 39.5 Å². The third-order valence-corrected chi connectivity index (χ3v) is 3.91. The molecular weight excluding hydrogens is 455 g/mol. The van der Waals surface area contributed by atoms with Crippen LogP contribution in [0.25, 0.3) is 0 Å². The van der Waals surface area contributed by atoms with Crippen LogP contribution in [0.3, 0.4) is 0 Å². The molecule has 0 aromatic heterocycles. The summed E-state index contributed by atoms with van der Waals surface area (Å²) in [5.74, 6) is 1.59. The Hall–Kier alpha value is -1.07. The van der Waals surface area contributed by atoms with Crippen LogP contribution in [0.2, 0.25) is 0 Å². The molecule has 0 unspecified atom stereocenters. The first-order valence-corrected chi connectivity index (χ1v) is 9.93. The standard InChI is InChI=1S/C16H28N4O3S.HI/c1-4-17-16(18-11-5-12-20-24(3,21)22)19-13-10-14-6-8-15(23-2)9-7-14;/h6-9,20H,4-5,10-13H2,1-3H3,(H2,17,18,19);1H. The number of benzene rings is 1. The van der Waals surface area contributed by atoms with E-state index in [0.29, 0.717) is 19.5 Å². The lowest BCUT2D eigenvalue weighted by atomic mass is 10.1. The zero-order valence-corrected chi connectivity index (χ0v) is 18.2. The molecule has 1 rings (SSSR count). The van der Waals surface area contributed by atoms with Gasteiger partial charge < -0.3 is 15.4 Å². The summed E-state index contributed by atoms with van der Waals surface area (Å²) >= 11 is 0. The maximum Gasteiger partial charge on any atom is 0.208 e. The summed E-state index contributed by atoms with van der Waals surface area (Å²) in [7, 11) is -1.47. The molecular formula is C16H29IN4O3S. The van der Waals surface area contributed by atoms with E-state index in [1.807, 2.05) is 31.2 Å². The highest BCUT2D eigenvalue weighted by Crippen LogP contribution is 2.11. The van der Waals surface area contributed by atoms with Crippen LogP contribution >= 0.6 is 24.0 Å². The lowest BCUT2D eigenvalue weighted by Crippen LogP contribution is -2.38. The average molecular weight is 484 g/mol. The molecule has 1 aromatic carbocycles. The summed E-state index contributed by atoms with van der Waals surface area (Å²) in [4.78, 5) is 4.43. The zero-order chi connectivity index (χ0) is 17.8. The van der Waals surface area contributed by atoms with Gasteiger partial charge in [-0.1, -0.05) is 12.1 Å². The number of rotatable bonds is 10. The highest BCUT2D eigenvalue weighted by atomic mass is 127. The second kappa shape index (κ2) is 13.2. The van der Waals surface area contributed by atoms with Gasteiger partial charge in [0.25, 0.3) is 0 Å². The molecule has 0 heterocycles. The van der Waals surface area contributed by atoms with E-state index in [4.69, 9.17) is 4.74 Å². The number of guanidine groups is 1. The Labute approximate surface area is 168 Å². The Balaban J connectivity index is 0.00000576. The van der Waals surface area contributed by atoms with E-state index < -0.39 is 10.0 Å². The van der Waals surface area contributed by atoms with E-state index >= 15 is 0 Å². The first kappa shape index (κ1) is 23.9. The number of ether oxygens (including phenoxy) is 1. The van der Waals surface area contributed by atoms with Crippen molar-refractivity contribution in [1.82, 2.24) is 15.4 Å². The van der Waals surface area contributed by atoms with E-state index in [-0.39, 0.29) is 24.0 Å². The van der Waals surface area contributed by atoms with E-state index in [1.54, 1.807) is 7.11 Å². The molecule has 0 atom stereocenters. The smallest absolute Gasteiger partial charge is 0.208 e. The molecule has 0 saturated carbocycles. The number of nitrogens with zero attached hydrogens (tertiary/aromatic N) is 1. The van der Waals surface area contributed by atoms with Crippen molar-refractivity contribution in [3.63, 3.8) is 0 Å². The van der Waals surface area contributed by atoms with Gasteiger partial charge >= 0.3 is 0 Å². The normalized spacial score (nSPS) is 11.6. The molecule has 0 spiro atoms. The largest absolute Gasteiger partial charge is 0.497 e. The molecule has 1 aromatic rings. The van der Waals surface area contributed by atoms with Crippen LogP contribution < -0.4 is 20.1 Å². The predicted molar refractivity (Wildman–Crippen MR) is 114 cm³/mol. The van der Waals surface area contributed by atoms with Crippen molar-refractivity contribution in [3.8, 4) is 5.75 Å². The minimum atomic E-state index is -3.12. The van der Waals surface area contributed by atoms with Crippen molar-refractivity contribution >= 4 is 40.0 Å². The number of hydrogen-bond donors (Lipinski definition) is 3. The van der Waals surface area contributed by atoms with Crippen molar-refractivity contribution in [2.45, 2.75) is 19.8 Å². The molecule has 0 aliphatic rings. The summed E-state index contributed by atoms with van der Waals surface area (Å²) in [5.41, 5.74) is 1.22. The molecule has 0 aliphatic heterocycles.